The molecular weight excluding hydrogens is 464 g/mol. The predicted octanol–water partition coefficient (Wildman–Crippen LogP) is 8.52. The molecule has 1 atom stereocenters. The summed E-state index contributed by atoms with van der Waals surface area (Å²) in [5, 5.41) is 3.38. The summed E-state index contributed by atoms with van der Waals surface area (Å²) in [7, 11) is 0. The number of allylic oxidation sites excluding steroid dienone is 3. The highest BCUT2D eigenvalue weighted by atomic mass is 19.4. The van der Waals surface area contributed by atoms with E-state index in [1.807, 2.05) is 48.6 Å². The molecular formula is C28H21F6N. The number of rotatable bonds is 5. The molecule has 0 aliphatic heterocycles. The van der Waals surface area contributed by atoms with Gasteiger partial charge < -0.3 is 5.32 Å². The van der Waals surface area contributed by atoms with Gasteiger partial charge in [-0.1, -0.05) is 60.7 Å². The monoisotopic (exact) mass is 485 g/mol. The van der Waals surface area contributed by atoms with E-state index in [9.17, 15) is 26.3 Å². The largest absolute Gasteiger partial charge is 0.416 e. The van der Waals surface area contributed by atoms with Crippen molar-refractivity contribution >= 4 is 11.3 Å². The highest BCUT2D eigenvalue weighted by Gasteiger charge is 2.31. The van der Waals surface area contributed by atoms with Gasteiger partial charge in [-0.05, 0) is 71.2 Å². The number of anilines is 1. The van der Waals surface area contributed by atoms with Crippen molar-refractivity contribution in [2.45, 2.75) is 24.8 Å². The fourth-order valence-corrected chi connectivity index (χ4v) is 3.80. The van der Waals surface area contributed by atoms with Gasteiger partial charge in [-0.2, -0.15) is 26.3 Å². The Bertz CT molecular complexity index is 1250. The lowest BCUT2D eigenvalue weighted by atomic mass is 9.92. The Hall–Kier alpha value is -3.74. The highest BCUT2D eigenvalue weighted by Crippen LogP contribution is 2.35. The van der Waals surface area contributed by atoms with Crippen LogP contribution in [0.3, 0.4) is 0 Å². The molecule has 3 aromatic rings. The van der Waals surface area contributed by atoms with E-state index in [1.54, 1.807) is 6.08 Å². The Morgan fingerprint density at radius 3 is 2.03 bits per heavy atom. The molecule has 0 fully saturated rings. The fraction of sp³-hybridized carbons (Fsp3) is 0.143. The van der Waals surface area contributed by atoms with Crippen molar-refractivity contribution in [3.63, 3.8) is 0 Å². The molecule has 0 bridgehead atoms. The lowest BCUT2D eigenvalue weighted by Crippen LogP contribution is -2.17. The summed E-state index contributed by atoms with van der Waals surface area (Å²) in [6, 6.07) is 18.9. The van der Waals surface area contributed by atoms with Gasteiger partial charge in [0.1, 0.15) is 0 Å². The van der Waals surface area contributed by atoms with Crippen molar-refractivity contribution in [1.82, 2.24) is 0 Å². The molecule has 1 N–H and O–H groups in total. The zero-order chi connectivity index (χ0) is 25.1. The first-order valence-corrected chi connectivity index (χ1v) is 10.9. The van der Waals surface area contributed by atoms with Crippen LogP contribution >= 0.6 is 0 Å². The van der Waals surface area contributed by atoms with Crippen LogP contribution in [0.5, 0.6) is 0 Å². The minimum absolute atomic E-state index is 0.0395. The summed E-state index contributed by atoms with van der Waals surface area (Å²) >= 11 is 0. The van der Waals surface area contributed by atoms with Gasteiger partial charge in [0.25, 0.3) is 0 Å². The van der Waals surface area contributed by atoms with Crippen molar-refractivity contribution < 1.29 is 26.3 Å². The topological polar surface area (TPSA) is 12.0 Å². The number of halogens is 6. The van der Waals surface area contributed by atoms with E-state index in [1.165, 1.54) is 24.3 Å². The maximum absolute atomic E-state index is 13.3. The molecule has 4 rings (SSSR count). The number of nitrogens with one attached hydrogen (secondary N) is 1. The van der Waals surface area contributed by atoms with Crippen molar-refractivity contribution in [2.75, 3.05) is 5.32 Å². The summed E-state index contributed by atoms with van der Waals surface area (Å²) < 4.78 is 79.1. The molecule has 0 saturated heterocycles. The van der Waals surface area contributed by atoms with Gasteiger partial charge in [0.05, 0.1) is 11.1 Å². The number of benzene rings is 3. The number of alkyl halides is 6. The SMILES string of the molecule is FC(F)(F)c1ccc(C(=CC2=CCC(Nc3ccccc3)C=C2)c2cccc(C(F)(F)F)c2)cc1. The molecule has 0 spiro atoms. The zero-order valence-corrected chi connectivity index (χ0v) is 18.4. The van der Waals surface area contributed by atoms with E-state index in [4.69, 9.17) is 0 Å². The van der Waals surface area contributed by atoms with Crippen molar-refractivity contribution in [3.8, 4) is 0 Å². The van der Waals surface area contributed by atoms with E-state index in [-0.39, 0.29) is 11.6 Å². The van der Waals surface area contributed by atoms with Gasteiger partial charge in [-0.15, -0.1) is 0 Å². The number of para-hydroxylation sites is 1. The quantitative estimate of drug-likeness (QED) is 0.357. The van der Waals surface area contributed by atoms with Crippen molar-refractivity contribution in [3.05, 3.63) is 131 Å². The lowest BCUT2D eigenvalue weighted by Gasteiger charge is -2.19. The number of hydrogen-bond acceptors (Lipinski definition) is 1. The van der Waals surface area contributed by atoms with Crippen LogP contribution < -0.4 is 5.32 Å². The maximum Gasteiger partial charge on any atom is 0.416 e. The average Bonchev–Trinajstić information content (AvgIpc) is 2.83. The summed E-state index contributed by atoms with van der Waals surface area (Å²) in [4.78, 5) is 0. The van der Waals surface area contributed by atoms with Crippen LogP contribution in [0.4, 0.5) is 32.0 Å². The standard InChI is InChI=1S/C28H21F6N/c29-27(30,31)22-13-11-20(12-14-22)26(21-5-4-6-23(18-21)28(32,33)34)17-19-9-15-25(16-10-19)35-24-7-2-1-3-8-24/h1-15,17-18,25,35H,16H2. The van der Waals surface area contributed by atoms with Crippen LogP contribution in [-0.2, 0) is 12.4 Å². The Morgan fingerprint density at radius 1 is 0.743 bits per heavy atom. The fourth-order valence-electron chi connectivity index (χ4n) is 3.80. The van der Waals surface area contributed by atoms with Gasteiger partial charge in [-0.25, -0.2) is 0 Å². The Kier molecular flexibility index (Phi) is 6.87. The Labute approximate surface area is 199 Å². The van der Waals surface area contributed by atoms with Crippen LogP contribution in [-0.4, -0.2) is 6.04 Å². The average molecular weight is 485 g/mol. The molecule has 0 saturated carbocycles. The van der Waals surface area contributed by atoms with Crippen LogP contribution in [0.25, 0.3) is 5.57 Å². The predicted molar refractivity (Wildman–Crippen MR) is 126 cm³/mol. The second-order valence-corrected chi connectivity index (χ2v) is 8.13. The smallest absolute Gasteiger partial charge is 0.379 e. The third-order valence-corrected chi connectivity index (χ3v) is 5.59. The molecule has 0 heterocycles. The molecule has 7 heteroatoms. The summed E-state index contributed by atoms with van der Waals surface area (Å²) in [6.45, 7) is 0. The minimum atomic E-state index is -4.54. The van der Waals surface area contributed by atoms with Crippen LogP contribution in [0.1, 0.15) is 28.7 Å². The molecule has 1 aliphatic rings. The first-order chi connectivity index (χ1) is 16.6. The van der Waals surface area contributed by atoms with Gasteiger partial charge in [0, 0.05) is 11.7 Å². The summed E-state index contributed by atoms with van der Waals surface area (Å²) in [5.41, 5.74) is 1.11. The third-order valence-electron chi connectivity index (χ3n) is 5.59. The van der Waals surface area contributed by atoms with Gasteiger partial charge in [-0.3, -0.25) is 0 Å². The second kappa shape index (κ2) is 9.86. The molecule has 35 heavy (non-hydrogen) atoms. The molecule has 1 nitrogen and oxygen atoms in total. The third kappa shape index (κ3) is 6.23. The van der Waals surface area contributed by atoms with Crippen molar-refractivity contribution in [2.24, 2.45) is 0 Å². The molecule has 0 aromatic heterocycles. The normalized spacial score (nSPS) is 16.7. The van der Waals surface area contributed by atoms with Crippen LogP contribution in [0.2, 0.25) is 0 Å². The zero-order valence-electron chi connectivity index (χ0n) is 18.4. The summed E-state index contributed by atoms with van der Waals surface area (Å²) in [5.74, 6) is 0. The first kappa shape index (κ1) is 24.4. The van der Waals surface area contributed by atoms with Crippen LogP contribution in [0.15, 0.2) is 109 Å². The minimum Gasteiger partial charge on any atom is -0.379 e. The van der Waals surface area contributed by atoms with Gasteiger partial charge in [0.15, 0.2) is 0 Å². The van der Waals surface area contributed by atoms with Gasteiger partial charge in [0.2, 0.25) is 0 Å². The Morgan fingerprint density at radius 2 is 1.43 bits per heavy atom. The summed E-state index contributed by atoms with van der Waals surface area (Å²) in [6.07, 6.45) is -0.960. The molecule has 1 aliphatic carbocycles. The second-order valence-electron chi connectivity index (χ2n) is 8.13. The van der Waals surface area contributed by atoms with E-state index >= 15 is 0 Å². The molecule has 0 radical (unpaired) electrons. The number of hydrogen-bond donors (Lipinski definition) is 1. The highest BCUT2D eigenvalue weighted by molar-refractivity contribution is 5.82. The molecule has 3 aromatic carbocycles. The first-order valence-electron chi connectivity index (χ1n) is 10.9. The van der Waals surface area contributed by atoms with Gasteiger partial charge >= 0.3 is 12.4 Å². The van der Waals surface area contributed by atoms with E-state index in [2.05, 4.69) is 5.32 Å². The van der Waals surface area contributed by atoms with E-state index in [0.717, 1.165) is 35.5 Å². The lowest BCUT2D eigenvalue weighted by molar-refractivity contribution is -0.138. The maximum atomic E-state index is 13.3. The van der Waals surface area contributed by atoms with Crippen LogP contribution in [0, 0.1) is 0 Å². The van der Waals surface area contributed by atoms with E-state index in [0.29, 0.717) is 17.6 Å². The molecule has 180 valence electrons. The Balaban J connectivity index is 1.67. The molecule has 1 unspecified atom stereocenters. The van der Waals surface area contributed by atoms with E-state index < -0.39 is 23.5 Å². The van der Waals surface area contributed by atoms with Crippen molar-refractivity contribution in [1.29, 1.82) is 0 Å². The molecule has 0 amide bonds.